The highest BCUT2D eigenvalue weighted by atomic mass is 19.4. The lowest BCUT2D eigenvalue weighted by atomic mass is 10.2. The number of nitrogens with zero attached hydrogens (tertiary/aromatic N) is 1. The zero-order valence-electron chi connectivity index (χ0n) is 10.2. The third-order valence-corrected chi connectivity index (χ3v) is 2.49. The van der Waals surface area contributed by atoms with Crippen LogP contribution in [0.2, 0.25) is 0 Å². The Kier molecular flexibility index (Phi) is 3.69. The third kappa shape index (κ3) is 3.94. The average Bonchev–Trinajstić information content (AvgIpc) is 2.72. The standard InChI is InChI=1S/C13H13F3N2O/c1-18-7-6-10(9-18)8-17-11-4-2-3-5-12(11)19-13(14,15)16/h2-7,9,17H,8H2,1H3. The van der Waals surface area contributed by atoms with E-state index in [9.17, 15) is 13.2 Å². The van der Waals surface area contributed by atoms with E-state index in [2.05, 4.69) is 10.1 Å². The van der Waals surface area contributed by atoms with Gasteiger partial charge in [0.2, 0.25) is 0 Å². The molecule has 1 N–H and O–H groups in total. The predicted molar refractivity (Wildman–Crippen MR) is 65.9 cm³/mol. The zero-order chi connectivity index (χ0) is 13.9. The van der Waals surface area contributed by atoms with E-state index in [4.69, 9.17) is 0 Å². The van der Waals surface area contributed by atoms with Crippen LogP contribution in [0.5, 0.6) is 5.75 Å². The van der Waals surface area contributed by atoms with Gasteiger partial charge in [-0.15, -0.1) is 13.2 Å². The van der Waals surface area contributed by atoms with Crippen molar-refractivity contribution in [2.24, 2.45) is 7.05 Å². The Morgan fingerprint density at radius 3 is 2.58 bits per heavy atom. The number of aryl methyl sites for hydroxylation is 1. The van der Waals surface area contributed by atoms with Crippen molar-refractivity contribution in [3.05, 3.63) is 48.3 Å². The van der Waals surface area contributed by atoms with Crippen molar-refractivity contribution in [2.75, 3.05) is 5.32 Å². The van der Waals surface area contributed by atoms with Crippen molar-refractivity contribution < 1.29 is 17.9 Å². The lowest BCUT2D eigenvalue weighted by Gasteiger charge is -2.14. The number of aromatic nitrogens is 1. The van der Waals surface area contributed by atoms with Gasteiger partial charge in [-0.25, -0.2) is 0 Å². The minimum atomic E-state index is -4.69. The van der Waals surface area contributed by atoms with Crippen LogP contribution >= 0.6 is 0 Å². The second-order valence-corrected chi connectivity index (χ2v) is 4.08. The van der Waals surface area contributed by atoms with Gasteiger partial charge in [-0.3, -0.25) is 0 Å². The summed E-state index contributed by atoms with van der Waals surface area (Å²) in [6.07, 6.45) is -0.931. The molecule has 2 rings (SSSR count). The van der Waals surface area contributed by atoms with Crippen molar-refractivity contribution in [1.29, 1.82) is 0 Å². The number of anilines is 1. The Bertz CT molecular complexity index is 549. The average molecular weight is 270 g/mol. The first kappa shape index (κ1) is 13.3. The number of alkyl halides is 3. The predicted octanol–water partition coefficient (Wildman–Crippen LogP) is 3.54. The maximum atomic E-state index is 12.2. The summed E-state index contributed by atoms with van der Waals surface area (Å²) in [6.45, 7) is 0.430. The van der Waals surface area contributed by atoms with Crippen molar-refractivity contribution in [2.45, 2.75) is 12.9 Å². The van der Waals surface area contributed by atoms with Crippen LogP contribution in [0.4, 0.5) is 18.9 Å². The van der Waals surface area contributed by atoms with E-state index in [1.807, 2.05) is 30.1 Å². The molecule has 1 aromatic heterocycles. The molecule has 0 bridgehead atoms. The molecular formula is C13H13F3N2O. The van der Waals surface area contributed by atoms with Crippen LogP contribution in [0.1, 0.15) is 5.56 Å². The largest absolute Gasteiger partial charge is 0.573 e. The Morgan fingerprint density at radius 2 is 1.95 bits per heavy atom. The monoisotopic (exact) mass is 270 g/mol. The van der Waals surface area contributed by atoms with Crippen molar-refractivity contribution in [1.82, 2.24) is 4.57 Å². The topological polar surface area (TPSA) is 26.2 Å². The SMILES string of the molecule is Cn1ccc(CNc2ccccc2OC(F)(F)F)c1. The van der Waals surface area contributed by atoms with Crippen LogP contribution in [0.25, 0.3) is 0 Å². The quantitative estimate of drug-likeness (QED) is 0.919. The van der Waals surface area contributed by atoms with E-state index in [-0.39, 0.29) is 5.75 Å². The molecule has 6 heteroatoms. The highest BCUT2D eigenvalue weighted by Crippen LogP contribution is 2.30. The molecule has 1 heterocycles. The number of benzene rings is 1. The van der Waals surface area contributed by atoms with E-state index in [0.29, 0.717) is 12.2 Å². The third-order valence-electron chi connectivity index (χ3n) is 2.49. The minimum Gasteiger partial charge on any atom is -0.404 e. The summed E-state index contributed by atoms with van der Waals surface area (Å²) in [5.41, 5.74) is 1.29. The fourth-order valence-corrected chi connectivity index (χ4v) is 1.69. The lowest BCUT2D eigenvalue weighted by molar-refractivity contribution is -0.274. The van der Waals surface area contributed by atoms with E-state index >= 15 is 0 Å². The van der Waals surface area contributed by atoms with Crippen LogP contribution in [0.3, 0.4) is 0 Å². The van der Waals surface area contributed by atoms with Crippen LogP contribution in [-0.4, -0.2) is 10.9 Å². The Hall–Kier alpha value is -2.11. The second-order valence-electron chi connectivity index (χ2n) is 4.08. The summed E-state index contributed by atoms with van der Waals surface area (Å²) in [5, 5.41) is 2.93. The molecule has 0 unspecified atom stereocenters. The van der Waals surface area contributed by atoms with Gasteiger partial charge in [0.05, 0.1) is 5.69 Å². The van der Waals surface area contributed by atoms with E-state index in [1.165, 1.54) is 12.1 Å². The normalized spacial score (nSPS) is 11.4. The molecule has 3 nitrogen and oxygen atoms in total. The van der Waals surface area contributed by atoms with Gasteiger partial charge in [0.1, 0.15) is 0 Å². The Morgan fingerprint density at radius 1 is 1.21 bits per heavy atom. The molecule has 1 aromatic carbocycles. The fraction of sp³-hybridized carbons (Fsp3) is 0.231. The number of ether oxygens (including phenoxy) is 1. The van der Waals surface area contributed by atoms with Crippen molar-refractivity contribution in [3.63, 3.8) is 0 Å². The number of nitrogens with one attached hydrogen (secondary N) is 1. The molecule has 0 atom stereocenters. The maximum Gasteiger partial charge on any atom is 0.573 e. The number of halogens is 3. The summed E-state index contributed by atoms with van der Waals surface area (Å²) in [5.74, 6) is -0.231. The van der Waals surface area contributed by atoms with E-state index in [0.717, 1.165) is 5.56 Å². The van der Waals surface area contributed by atoms with Gasteiger partial charge in [0, 0.05) is 26.0 Å². The van der Waals surface area contributed by atoms with Gasteiger partial charge in [0.25, 0.3) is 0 Å². The molecule has 0 aliphatic heterocycles. The van der Waals surface area contributed by atoms with Gasteiger partial charge in [-0.05, 0) is 23.8 Å². The Labute approximate surface area is 108 Å². The molecule has 0 saturated carbocycles. The molecule has 0 fully saturated rings. The molecule has 0 spiro atoms. The summed E-state index contributed by atoms with van der Waals surface area (Å²) < 4.78 is 42.5. The van der Waals surface area contributed by atoms with Gasteiger partial charge < -0.3 is 14.6 Å². The Balaban J connectivity index is 2.07. The van der Waals surface area contributed by atoms with Gasteiger partial charge >= 0.3 is 6.36 Å². The number of hydrogen-bond donors (Lipinski definition) is 1. The van der Waals surface area contributed by atoms with Crippen LogP contribution in [0, 0.1) is 0 Å². The molecular weight excluding hydrogens is 257 g/mol. The van der Waals surface area contributed by atoms with Gasteiger partial charge in [-0.1, -0.05) is 12.1 Å². The number of hydrogen-bond acceptors (Lipinski definition) is 2. The summed E-state index contributed by atoms with van der Waals surface area (Å²) in [7, 11) is 1.88. The van der Waals surface area contributed by atoms with Crippen LogP contribution in [-0.2, 0) is 13.6 Å². The summed E-state index contributed by atoms with van der Waals surface area (Å²) in [4.78, 5) is 0. The summed E-state index contributed by atoms with van der Waals surface area (Å²) >= 11 is 0. The lowest BCUT2D eigenvalue weighted by Crippen LogP contribution is -2.18. The number of para-hydroxylation sites is 2. The van der Waals surface area contributed by atoms with Gasteiger partial charge in [0.15, 0.2) is 5.75 Å². The fourth-order valence-electron chi connectivity index (χ4n) is 1.69. The molecule has 102 valence electrons. The van der Waals surface area contributed by atoms with Crippen LogP contribution < -0.4 is 10.1 Å². The first-order valence-electron chi connectivity index (χ1n) is 5.63. The first-order valence-corrected chi connectivity index (χ1v) is 5.63. The summed E-state index contributed by atoms with van der Waals surface area (Å²) in [6, 6.07) is 7.86. The molecule has 0 radical (unpaired) electrons. The van der Waals surface area contributed by atoms with E-state index in [1.54, 1.807) is 12.1 Å². The highest BCUT2D eigenvalue weighted by Gasteiger charge is 2.32. The zero-order valence-corrected chi connectivity index (χ0v) is 10.2. The minimum absolute atomic E-state index is 0.231. The molecule has 0 aliphatic rings. The van der Waals surface area contributed by atoms with E-state index < -0.39 is 6.36 Å². The number of rotatable bonds is 4. The van der Waals surface area contributed by atoms with Crippen molar-refractivity contribution >= 4 is 5.69 Å². The maximum absolute atomic E-state index is 12.2. The van der Waals surface area contributed by atoms with Crippen molar-refractivity contribution in [3.8, 4) is 5.75 Å². The van der Waals surface area contributed by atoms with Crippen LogP contribution in [0.15, 0.2) is 42.7 Å². The molecule has 2 aromatic rings. The molecule has 19 heavy (non-hydrogen) atoms. The first-order chi connectivity index (χ1) is 8.94. The highest BCUT2D eigenvalue weighted by molar-refractivity contribution is 5.56. The molecule has 0 aliphatic carbocycles. The second kappa shape index (κ2) is 5.26. The molecule has 0 amide bonds. The van der Waals surface area contributed by atoms with Gasteiger partial charge in [-0.2, -0.15) is 0 Å². The molecule has 0 saturated heterocycles. The smallest absolute Gasteiger partial charge is 0.404 e.